The second-order valence-corrected chi connectivity index (χ2v) is 10.8. The number of carbonyl (C=O) groups is 2. The van der Waals surface area contributed by atoms with E-state index in [4.69, 9.17) is 25.7 Å². The minimum atomic E-state index is -3.01. The summed E-state index contributed by atoms with van der Waals surface area (Å²) in [5.74, 6) is -0.420. The Morgan fingerprint density at radius 3 is 2.19 bits per heavy atom. The van der Waals surface area contributed by atoms with Crippen LogP contribution in [0.15, 0.2) is 5.16 Å². The largest absolute Gasteiger partial charge is 0.573 e. The molecule has 0 aliphatic heterocycles. The van der Waals surface area contributed by atoms with Gasteiger partial charge in [0, 0.05) is 28.3 Å². The van der Waals surface area contributed by atoms with Crippen LogP contribution in [0.4, 0.5) is 4.79 Å². The molecule has 0 fully saturated rings. The molecule has 152 valence electrons. The zero-order chi connectivity index (χ0) is 20.5. The third-order valence-corrected chi connectivity index (χ3v) is 9.14. The minimum absolute atomic E-state index is 0.0214. The Morgan fingerprint density at radius 1 is 1.27 bits per heavy atom. The summed E-state index contributed by atoms with van der Waals surface area (Å²) in [4.78, 5) is 30.0. The molecule has 0 N–H and O–H groups in total. The molecule has 10 nitrogen and oxygen atoms in total. The zero-order valence-electron chi connectivity index (χ0n) is 15.8. The SMILES string of the molecule is CCCN([S+]([O-])N(C)C(=O)O/N=C(\SC)C(=O)N(C)C)P(=S)(OC)OC. The molecule has 1 unspecified atom stereocenters. The van der Waals surface area contributed by atoms with Crippen LogP contribution in [-0.4, -0.2) is 83.0 Å². The minimum Gasteiger partial charge on any atom is -0.573 e. The van der Waals surface area contributed by atoms with Gasteiger partial charge in [-0.05, 0) is 28.6 Å². The van der Waals surface area contributed by atoms with E-state index < -0.39 is 30.2 Å². The molecule has 0 aromatic carbocycles. The number of nitrogens with zero attached hydrogens (tertiary/aromatic N) is 4. The Labute approximate surface area is 166 Å². The third-order valence-electron chi connectivity index (χ3n) is 2.81. The lowest BCUT2D eigenvalue weighted by Crippen LogP contribution is -2.43. The molecule has 0 heterocycles. The van der Waals surface area contributed by atoms with Gasteiger partial charge in [0.2, 0.25) is 5.04 Å². The van der Waals surface area contributed by atoms with Gasteiger partial charge in [0.25, 0.3) is 5.91 Å². The normalized spacial score (nSPS) is 13.5. The molecule has 0 spiro atoms. The van der Waals surface area contributed by atoms with Crippen LogP contribution in [-0.2, 0) is 42.0 Å². The topological polar surface area (TPSA) is 107 Å². The van der Waals surface area contributed by atoms with Crippen LogP contribution < -0.4 is 0 Å². The summed E-state index contributed by atoms with van der Waals surface area (Å²) in [6.07, 6.45) is 1.20. The number of hydrogen-bond donors (Lipinski definition) is 0. The molecule has 0 saturated carbocycles. The number of thioether (sulfide) groups is 1. The van der Waals surface area contributed by atoms with E-state index in [0.717, 1.165) is 16.1 Å². The predicted octanol–water partition coefficient (Wildman–Crippen LogP) is 1.63. The Balaban J connectivity index is 5.30. The average molecular weight is 449 g/mol. The van der Waals surface area contributed by atoms with Crippen LogP contribution >= 0.6 is 18.4 Å². The number of carbonyl (C=O) groups excluding carboxylic acids is 2. The molecule has 1 atom stereocenters. The quantitative estimate of drug-likeness (QED) is 0.137. The van der Waals surface area contributed by atoms with E-state index in [1.54, 1.807) is 20.4 Å². The molecular weight excluding hydrogens is 423 g/mol. The van der Waals surface area contributed by atoms with Gasteiger partial charge in [-0.15, -0.1) is 16.1 Å². The van der Waals surface area contributed by atoms with Crippen LogP contribution in [0.5, 0.6) is 0 Å². The van der Waals surface area contributed by atoms with Crippen molar-refractivity contribution in [2.24, 2.45) is 5.16 Å². The van der Waals surface area contributed by atoms with Crippen LogP contribution in [0.2, 0.25) is 0 Å². The van der Waals surface area contributed by atoms with Gasteiger partial charge in [0.05, 0.1) is 13.6 Å². The van der Waals surface area contributed by atoms with Gasteiger partial charge < -0.3 is 18.5 Å². The van der Waals surface area contributed by atoms with E-state index in [9.17, 15) is 14.1 Å². The fourth-order valence-corrected chi connectivity index (χ4v) is 5.81. The summed E-state index contributed by atoms with van der Waals surface area (Å²) in [6.45, 7) is -0.878. The number of hydrogen-bond acceptors (Lipinski definition) is 9. The van der Waals surface area contributed by atoms with Gasteiger partial charge in [0.1, 0.15) is 0 Å². The molecule has 0 aromatic rings. The van der Waals surface area contributed by atoms with Crippen molar-refractivity contribution in [3.8, 4) is 0 Å². The third kappa shape index (κ3) is 6.97. The average Bonchev–Trinajstić information content (AvgIpc) is 2.64. The van der Waals surface area contributed by atoms with Crippen LogP contribution in [0.1, 0.15) is 13.3 Å². The van der Waals surface area contributed by atoms with Gasteiger partial charge in [-0.3, -0.25) is 9.63 Å². The Hall–Kier alpha value is -0.400. The predicted molar refractivity (Wildman–Crippen MR) is 107 cm³/mol. The number of rotatable bonds is 8. The summed E-state index contributed by atoms with van der Waals surface area (Å²) in [7, 11) is 7.05. The Morgan fingerprint density at radius 2 is 1.81 bits per heavy atom. The first kappa shape index (κ1) is 25.6. The van der Waals surface area contributed by atoms with E-state index >= 15 is 0 Å². The standard InChI is InChI=1S/C12H25N4O6PS3/c1-8-9-16(23(24,20-5)21-6)26(19)15(4)12(18)22-13-10(25-7)11(17)14(2)3/h8-9H2,1-7H3/b13-10-. The summed E-state index contributed by atoms with van der Waals surface area (Å²) in [6, 6.07) is 0. The summed E-state index contributed by atoms with van der Waals surface area (Å²) >= 11 is 4.30. The van der Waals surface area contributed by atoms with E-state index in [1.807, 2.05) is 6.92 Å². The van der Waals surface area contributed by atoms with Crippen molar-refractivity contribution in [3.05, 3.63) is 0 Å². The highest BCUT2D eigenvalue weighted by Gasteiger charge is 2.41. The highest BCUT2D eigenvalue weighted by molar-refractivity contribution is 8.15. The maximum absolute atomic E-state index is 12.7. The maximum Gasteiger partial charge on any atom is 0.479 e. The van der Waals surface area contributed by atoms with Crippen LogP contribution in [0.25, 0.3) is 0 Å². The molecule has 0 radical (unpaired) electrons. The van der Waals surface area contributed by atoms with Crippen molar-refractivity contribution in [1.82, 2.24) is 13.3 Å². The first-order valence-electron chi connectivity index (χ1n) is 7.29. The van der Waals surface area contributed by atoms with E-state index in [1.165, 1.54) is 30.2 Å². The van der Waals surface area contributed by atoms with Crippen molar-refractivity contribution >= 4 is 58.8 Å². The second kappa shape index (κ2) is 12.1. The first-order valence-corrected chi connectivity index (χ1v) is 12.2. The monoisotopic (exact) mass is 448 g/mol. The van der Waals surface area contributed by atoms with Gasteiger partial charge >= 0.3 is 12.7 Å². The summed E-state index contributed by atoms with van der Waals surface area (Å²) in [5, 5.41) is 3.52. The van der Waals surface area contributed by atoms with Crippen LogP contribution in [0.3, 0.4) is 0 Å². The molecule has 2 amide bonds. The maximum atomic E-state index is 12.7. The lowest BCUT2D eigenvalue weighted by molar-refractivity contribution is -0.121. The zero-order valence-corrected chi connectivity index (χ0v) is 19.2. The lowest BCUT2D eigenvalue weighted by atomic mass is 10.5. The Bertz CT molecular complexity index is 557. The molecular formula is C12H25N4O6PS3. The molecule has 0 aromatic heterocycles. The van der Waals surface area contributed by atoms with E-state index in [-0.39, 0.29) is 11.6 Å². The van der Waals surface area contributed by atoms with Crippen molar-refractivity contribution in [2.75, 3.05) is 48.2 Å². The molecule has 0 aliphatic rings. The van der Waals surface area contributed by atoms with E-state index in [2.05, 4.69) is 5.16 Å². The molecule has 0 aliphatic carbocycles. The van der Waals surface area contributed by atoms with Crippen LogP contribution in [0, 0.1) is 0 Å². The molecule has 0 saturated heterocycles. The fraction of sp³-hybridized carbons (Fsp3) is 0.750. The number of oxime groups is 1. The van der Waals surface area contributed by atoms with E-state index in [0.29, 0.717) is 6.42 Å². The highest BCUT2D eigenvalue weighted by atomic mass is 32.5. The van der Waals surface area contributed by atoms with Crippen molar-refractivity contribution in [2.45, 2.75) is 13.3 Å². The smallest absolute Gasteiger partial charge is 0.479 e. The van der Waals surface area contributed by atoms with Gasteiger partial charge in [-0.2, -0.15) is 0 Å². The van der Waals surface area contributed by atoms with Gasteiger partial charge in [-0.1, -0.05) is 12.1 Å². The van der Waals surface area contributed by atoms with Crippen molar-refractivity contribution in [1.29, 1.82) is 0 Å². The summed E-state index contributed by atoms with van der Waals surface area (Å²) < 4.78 is 25.2. The van der Waals surface area contributed by atoms with Gasteiger partial charge in [0.15, 0.2) is 11.5 Å². The number of amides is 2. The lowest BCUT2D eigenvalue weighted by Gasteiger charge is -2.32. The molecule has 0 bridgehead atoms. The first-order chi connectivity index (χ1) is 12.1. The molecule has 14 heteroatoms. The molecule has 0 rings (SSSR count). The van der Waals surface area contributed by atoms with Gasteiger partial charge in [-0.25, -0.2) is 4.79 Å². The van der Waals surface area contributed by atoms with Crippen molar-refractivity contribution < 1.29 is 28.0 Å². The Kier molecular flexibility index (Phi) is 11.9. The van der Waals surface area contributed by atoms with Crippen molar-refractivity contribution in [3.63, 3.8) is 0 Å². The highest BCUT2D eigenvalue weighted by Crippen LogP contribution is 2.53. The molecule has 26 heavy (non-hydrogen) atoms. The summed E-state index contributed by atoms with van der Waals surface area (Å²) in [5.41, 5.74) is 0. The fourth-order valence-electron chi connectivity index (χ4n) is 1.43. The second-order valence-electron chi connectivity index (χ2n) is 4.80.